The van der Waals surface area contributed by atoms with Gasteiger partial charge in [-0.25, -0.2) is 18.1 Å². The molecule has 1 heterocycles. The first-order valence-corrected chi connectivity index (χ1v) is 7.59. The van der Waals surface area contributed by atoms with Gasteiger partial charge in [-0.05, 0) is 33.0 Å². The number of aliphatic carboxylic acids is 1. The summed E-state index contributed by atoms with van der Waals surface area (Å²) in [6.45, 7) is 2.94. The summed E-state index contributed by atoms with van der Waals surface area (Å²) in [5.74, 6) is -1.65. The van der Waals surface area contributed by atoms with Gasteiger partial charge in [-0.1, -0.05) is 0 Å². The maximum absolute atomic E-state index is 12.2. The van der Waals surface area contributed by atoms with E-state index in [0.29, 0.717) is 0 Å². The summed E-state index contributed by atoms with van der Waals surface area (Å²) in [5, 5.41) is 8.60. The van der Waals surface area contributed by atoms with Gasteiger partial charge in [0.15, 0.2) is 5.03 Å². The molecule has 0 radical (unpaired) electrons. The highest BCUT2D eigenvalue weighted by Gasteiger charge is 2.22. The topological polar surface area (TPSA) is 117 Å². The second kappa shape index (κ2) is 6.64. The van der Waals surface area contributed by atoms with Gasteiger partial charge in [0, 0.05) is 12.2 Å². The molecule has 0 spiro atoms. The number of nitrogens with one attached hydrogen (secondary N) is 1. The molecule has 2 N–H and O–H groups in total. The zero-order chi connectivity index (χ0) is 16.2. The van der Waals surface area contributed by atoms with Crippen molar-refractivity contribution in [2.45, 2.75) is 24.9 Å². The van der Waals surface area contributed by atoms with Crippen molar-refractivity contribution in [1.82, 2.24) is 14.6 Å². The van der Waals surface area contributed by atoms with Gasteiger partial charge in [0.2, 0.25) is 0 Å². The molecular weight excluding hydrogens is 298 g/mol. The highest BCUT2D eigenvalue weighted by molar-refractivity contribution is 7.89. The number of carboxylic acids is 1. The summed E-state index contributed by atoms with van der Waals surface area (Å²) < 4.78 is 25.2. The maximum Gasteiger partial charge on any atom is 0.323 e. The Morgan fingerprint density at radius 1 is 1.38 bits per heavy atom. The minimum atomic E-state index is -3.68. The summed E-state index contributed by atoms with van der Waals surface area (Å²) in [6, 6.07) is 2.18. The van der Waals surface area contributed by atoms with Crippen LogP contribution in [0.3, 0.4) is 0 Å². The fourth-order valence-electron chi connectivity index (χ4n) is 1.57. The fraction of sp³-hybridized carbons (Fsp3) is 0.417. The van der Waals surface area contributed by atoms with E-state index in [1.807, 2.05) is 0 Å². The van der Waals surface area contributed by atoms with Crippen molar-refractivity contribution in [2.24, 2.45) is 0 Å². The quantitative estimate of drug-likeness (QED) is 0.758. The highest BCUT2D eigenvalue weighted by atomic mass is 32.2. The third kappa shape index (κ3) is 4.23. The van der Waals surface area contributed by atoms with E-state index < -0.39 is 28.4 Å². The number of carbonyl (C=O) groups is 2. The molecule has 21 heavy (non-hydrogen) atoms. The number of amides is 1. The summed E-state index contributed by atoms with van der Waals surface area (Å²) >= 11 is 0. The first kappa shape index (κ1) is 17.1. The summed E-state index contributed by atoms with van der Waals surface area (Å²) in [6.07, 6.45) is 1.11. The molecule has 0 aliphatic rings. The molecule has 0 fully saturated rings. The molecule has 0 aliphatic heterocycles. The van der Waals surface area contributed by atoms with Crippen molar-refractivity contribution >= 4 is 21.9 Å². The van der Waals surface area contributed by atoms with Gasteiger partial charge in [-0.15, -0.1) is 0 Å². The van der Waals surface area contributed by atoms with Crippen LogP contribution < -0.4 is 4.72 Å². The fourth-order valence-corrected chi connectivity index (χ4v) is 2.22. The van der Waals surface area contributed by atoms with E-state index in [9.17, 15) is 18.0 Å². The van der Waals surface area contributed by atoms with Gasteiger partial charge in [-0.3, -0.25) is 9.59 Å². The molecule has 0 saturated carbocycles. The Labute approximate surface area is 122 Å². The molecule has 9 heteroatoms. The van der Waals surface area contributed by atoms with Gasteiger partial charge in [0.25, 0.3) is 15.9 Å². The van der Waals surface area contributed by atoms with E-state index >= 15 is 0 Å². The molecule has 116 valence electrons. The summed E-state index contributed by atoms with van der Waals surface area (Å²) in [5.41, 5.74) is 0.125. The first-order chi connectivity index (χ1) is 9.69. The monoisotopic (exact) mass is 315 g/mol. The number of aromatic nitrogens is 1. The Balaban J connectivity index is 3.05. The lowest BCUT2D eigenvalue weighted by molar-refractivity contribution is -0.138. The van der Waals surface area contributed by atoms with E-state index in [2.05, 4.69) is 9.71 Å². The molecule has 1 aromatic heterocycles. The van der Waals surface area contributed by atoms with E-state index in [1.54, 1.807) is 13.8 Å². The zero-order valence-corrected chi connectivity index (χ0v) is 12.7. The van der Waals surface area contributed by atoms with Crippen LogP contribution in [-0.4, -0.2) is 54.9 Å². The van der Waals surface area contributed by atoms with Crippen molar-refractivity contribution in [2.75, 3.05) is 13.6 Å². The second-order valence-corrected chi connectivity index (χ2v) is 6.35. The molecule has 1 rings (SSSR count). The number of hydrogen-bond acceptors (Lipinski definition) is 5. The molecule has 0 aliphatic carbocycles. The maximum atomic E-state index is 12.2. The molecule has 0 bridgehead atoms. The number of carbonyl (C=O) groups excluding carboxylic acids is 1. The Morgan fingerprint density at radius 2 is 2.00 bits per heavy atom. The number of pyridine rings is 1. The van der Waals surface area contributed by atoms with Gasteiger partial charge in [0.05, 0.1) is 5.56 Å². The Hall–Kier alpha value is -2.00. The van der Waals surface area contributed by atoms with Crippen LogP contribution in [0.25, 0.3) is 0 Å². The predicted molar refractivity (Wildman–Crippen MR) is 74.3 cm³/mol. The van der Waals surface area contributed by atoms with E-state index in [-0.39, 0.29) is 16.6 Å². The Morgan fingerprint density at radius 3 is 2.38 bits per heavy atom. The second-order valence-electron chi connectivity index (χ2n) is 4.51. The minimum absolute atomic E-state index is 0.125. The van der Waals surface area contributed by atoms with Crippen LogP contribution in [0, 0.1) is 0 Å². The number of nitrogens with zero attached hydrogens (tertiary/aromatic N) is 2. The van der Waals surface area contributed by atoms with E-state index in [4.69, 9.17) is 5.11 Å². The van der Waals surface area contributed by atoms with Gasteiger partial charge >= 0.3 is 5.97 Å². The lowest BCUT2D eigenvalue weighted by atomic mass is 10.2. The molecule has 0 saturated heterocycles. The van der Waals surface area contributed by atoms with Crippen LogP contribution in [0.2, 0.25) is 0 Å². The third-order valence-corrected chi connectivity index (χ3v) is 4.05. The molecule has 0 unspecified atom stereocenters. The summed E-state index contributed by atoms with van der Waals surface area (Å²) in [7, 11) is -2.42. The smallest absolute Gasteiger partial charge is 0.323 e. The average Bonchev–Trinajstić information content (AvgIpc) is 2.43. The zero-order valence-electron chi connectivity index (χ0n) is 11.9. The van der Waals surface area contributed by atoms with Gasteiger partial charge in [0.1, 0.15) is 6.54 Å². The third-order valence-electron chi connectivity index (χ3n) is 2.72. The van der Waals surface area contributed by atoms with Crippen LogP contribution in [-0.2, 0) is 14.8 Å². The predicted octanol–water partition coefficient (Wildman–Crippen LogP) is -0.0751. The molecule has 1 aromatic rings. The number of rotatable bonds is 6. The van der Waals surface area contributed by atoms with E-state index in [0.717, 1.165) is 11.1 Å². The normalized spacial score (nSPS) is 11.4. The molecule has 1 amide bonds. The average molecular weight is 315 g/mol. The minimum Gasteiger partial charge on any atom is -0.480 e. The molecular formula is C12H17N3O5S. The van der Waals surface area contributed by atoms with E-state index in [1.165, 1.54) is 19.2 Å². The van der Waals surface area contributed by atoms with Crippen LogP contribution in [0.5, 0.6) is 0 Å². The molecule has 0 aromatic carbocycles. The lowest BCUT2D eigenvalue weighted by Crippen LogP contribution is -2.40. The SMILES string of the molecule is CNS(=O)(=O)c1ccc(C(=O)N(CC(=O)O)C(C)C)cn1. The summed E-state index contributed by atoms with van der Waals surface area (Å²) in [4.78, 5) is 27.9. The first-order valence-electron chi connectivity index (χ1n) is 6.11. The molecule has 8 nitrogen and oxygen atoms in total. The lowest BCUT2D eigenvalue weighted by Gasteiger charge is -2.24. The number of sulfonamides is 1. The van der Waals surface area contributed by atoms with Crippen molar-refractivity contribution in [3.05, 3.63) is 23.9 Å². The van der Waals surface area contributed by atoms with Crippen molar-refractivity contribution in [1.29, 1.82) is 0 Å². The van der Waals surface area contributed by atoms with Crippen LogP contribution in [0.4, 0.5) is 0 Å². The van der Waals surface area contributed by atoms with Crippen LogP contribution in [0.1, 0.15) is 24.2 Å². The number of carboxylic acid groups (broad SMARTS) is 1. The van der Waals surface area contributed by atoms with Crippen molar-refractivity contribution in [3.63, 3.8) is 0 Å². The van der Waals surface area contributed by atoms with Gasteiger partial charge < -0.3 is 10.0 Å². The Bertz CT molecular complexity index is 625. The van der Waals surface area contributed by atoms with Crippen molar-refractivity contribution < 1.29 is 23.1 Å². The van der Waals surface area contributed by atoms with Gasteiger partial charge in [-0.2, -0.15) is 0 Å². The van der Waals surface area contributed by atoms with Crippen LogP contribution in [0.15, 0.2) is 23.4 Å². The largest absolute Gasteiger partial charge is 0.480 e. The van der Waals surface area contributed by atoms with Crippen LogP contribution >= 0.6 is 0 Å². The van der Waals surface area contributed by atoms with Crippen molar-refractivity contribution in [3.8, 4) is 0 Å². The highest BCUT2D eigenvalue weighted by Crippen LogP contribution is 2.10. The molecule has 0 atom stereocenters. The Kier molecular flexibility index (Phi) is 5.39. The standard InChI is InChI=1S/C12H17N3O5S/c1-8(2)15(7-11(16)17)12(18)9-4-5-10(14-6-9)21(19,20)13-3/h4-6,8,13H,7H2,1-3H3,(H,16,17). The number of hydrogen-bond donors (Lipinski definition) is 2.